The van der Waals surface area contributed by atoms with Crippen LogP contribution in [0.15, 0.2) is 88.9 Å². The lowest BCUT2D eigenvalue weighted by atomic mass is 10.2. The average Bonchev–Trinajstić information content (AvgIpc) is 2.91. The van der Waals surface area contributed by atoms with E-state index in [9.17, 15) is 18.0 Å². The minimum absolute atomic E-state index is 0.0783. The van der Waals surface area contributed by atoms with E-state index in [1.165, 1.54) is 18.3 Å². The number of carbonyl (C=O) groups is 2. The summed E-state index contributed by atoms with van der Waals surface area (Å²) < 4.78 is 34.1. The smallest absolute Gasteiger partial charge is 0.264 e. The number of carbonyl (C=O) groups excluding carboxylic acids is 2. The number of nitrogens with zero attached hydrogens (tertiary/aromatic N) is 2. The predicted molar refractivity (Wildman–Crippen MR) is 156 cm³/mol. The fourth-order valence-corrected chi connectivity index (χ4v) is 4.96. The Labute approximate surface area is 236 Å². The Kier molecular flexibility index (Phi) is 10.7. The molecule has 0 heterocycles. The summed E-state index contributed by atoms with van der Waals surface area (Å²) in [5.74, 6) is 0.0779. The molecule has 3 aromatic carbocycles. The molecule has 2 N–H and O–H groups in total. The molecule has 0 spiro atoms. The molecule has 38 heavy (non-hydrogen) atoms. The number of sulfonamides is 1. The Morgan fingerprint density at radius 2 is 1.63 bits per heavy atom. The van der Waals surface area contributed by atoms with Crippen molar-refractivity contribution < 1.29 is 22.7 Å². The van der Waals surface area contributed by atoms with Crippen molar-refractivity contribution in [2.45, 2.75) is 18.7 Å². The topological polar surface area (TPSA) is 117 Å². The highest BCUT2D eigenvalue weighted by atomic mass is 127. The van der Waals surface area contributed by atoms with Gasteiger partial charge in [-0.1, -0.05) is 32.0 Å². The minimum Gasteiger partial charge on any atom is -0.484 e. The van der Waals surface area contributed by atoms with Gasteiger partial charge in [0.05, 0.1) is 16.8 Å². The number of nitrogens with one attached hydrogen (secondary N) is 2. The largest absolute Gasteiger partial charge is 0.484 e. The monoisotopic (exact) mass is 648 g/mol. The van der Waals surface area contributed by atoms with Gasteiger partial charge in [-0.05, 0) is 94.7 Å². The molecule has 200 valence electrons. The van der Waals surface area contributed by atoms with E-state index < -0.39 is 22.5 Å². The van der Waals surface area contributed by atoms with E-state index in [2.05, 4.69) is 38.4 Å². The predicted octanol–water partition coefficient (Wildman–Crippen LogP) is 3.79. The maximum absolute atomic E-state index is 13.3. The van der Waals surface area contributed by atoms with Gasteiger partial charge in [0.15, 0.2) is 6.61 Å². The van der Waals surface area contributed by atoms with Crippen molar-refractivity contribution in [3.05, 3.63) is 88.0 Å². The first kappa shape index (κ1) is 29.1. The van der Waals surface area contributed by atoms with Crippen LogP contribution in [0, 0.1) is 9.49 Å². The van der Waals surface area contributed by atoms with Crippen molar-refractivity contribution in [3.63, 3.8) is 0 Å². The zero-order valence-electron chi connectivity index (χ0n) is 21.0. The first-order chi connectivity index (χ1) is 18.1. The molecule has 0 unspecified atom stereocenters. The quantitative estimate of drug-likeness (QED) is 0.176. The number of hydrogen-bond donors (Lipinski definition) is 2. The van der Waals surface area contributed by atoms with Gasteiger partial charge >= 0.3 is 0 Å². The third-order valence-corrected chi connectivity index (χ3v) is 7.60. The highest BCUT2D eigenvalue weighted by Crippen LogP contribution is 2.24. The second-order valence-corrected chi connectivity index (χ2v) is 11.8. The summed E-state index contributed by atoms with van der Waals surface area (Å²) >= 11 is 2.12. The zero-order valence-corrected chi connectivity index (χ0v) is 24.0. The van der Waals surface area contributed by atoms with Crippen LogP contribution in [0.3, 0.4) is 0 Å². The van der Waals surface area contributed by atoms with E-state index in [-0.39, 0.29) is 17.4 Å². The first-order valence-electron chi connectivity index (χ1n) is 11.8. The maximum atomic E-state index is 13.3. The number of anilines is 1. The lowest BCUT2D eigenvalue weighted by molar-refractivity contribution is -0.123. The van der Waals surface area contributed by atoms with Crippen LogP contribution in [0.1, 0.15) is 19.4 Å². The molecule has 0 aliphatic heterocycles. The van der Waals surface area contributed by atoms with Gasteiger partial charge in [-0.25, -0.2) is 13.8 Å². The van der Waals surface area contributed by atoms with E-state index >= 15 is 0 Å². The summed E-state index contributed by atoms with van der Waals surface area (Å²) in [6.45, 7) is 4.07. The van der Waals surface area contributed by atoms with Gasteiger partial charge in [-0.15, -0.1) is 0 Å². The summed E-state index contributed by atoms with van der Waals surface area (Å²) in [7, 11) is -3.99. The van der Waals surface area contributed by atoms with Gasteiger partial charge in [-0.3, -0.25) is 13.9 Å². The van der Waals surface area contributed by atoms with Gasteiger partial charge in [0.2, 0.25) is 0 Å². The standard InChI is InChI=1S/C27H29IN4O5S/c1-20(2)16-29-27(34)19-37-24-14-8-21(9-15-24)17-30-31-26(33)18-32(23-12-10-22(28)11-13-23)38(35,36)25-6-4-3-5-7-25/h3-15,17,20H,16,18-19H2,1-2H3,(H,29,34)(H,31,33)/b30-17-. The molecular formula is C27H29IN4O5S. The number of benzene rings is 3. The highest BCUT2D eigenvalue weighted by molar-refractivity contribution is 14.1. The fraction of sp³-hybridized carbons (Fsp3) is 0.222. The van der Waals surface area contributed by atoms with Crippen LogP contribution in [-0.4, -0.2) is 46.1 Å². The molecule has 0 atom stereocenters. The summed E-state index contributed by atoms with van der Waals surface area (Å²) in [5, 5.41) is 6.73. The van der Waals surface area contributed by atoms with Crippen molar-refractivity contribution >= 4 is 56.3 Å². The SMILES string of the molecule is CC(C)CNC(=O)COc1ccc(/C=N\NC(=O)CN(c2ccc(I)cc2)S(=O)(=O)c2ccccc2)cc1. The van der Waals surface area contributed by atoms with E-state index in [1.54, 1.807) is 66.7 Å². The van der Waals surface area contributed by atoms with Crippen molar-refractivity contribution in [3.8, 4) is 5.75 Å². The molecule has 0 saturated carbocycles. The summed E-state index contributed by atoms with van der Waals surface area (Å²) in [5.41, 5.74) is 3.42. The van der Waals surface area contributed by atoms with Gasteiger partial charge in [-0.2, -0.15) is 5.10 Å². The fourth-order valence-electron chi connectivity index (χ4n) is 3.15. The van der Waals surface area contributed by atoms with Crippen LogP contribution < -0.4 is 19.8 Å². The van der Waals surface area contributed by atoms with Gasteiger partial charge in [0, 0.05) is 10.1 Å². The second-order valence-electron chi connectivity index (χ2n) is 8.65. The van der Waals surface area contributed by atoms with Crippen molar-refractivity contribution in [2.75, 3.05) is 24.0 Å². The highest BCUT2D eigenvalue weighted by Gasteiger charge is 2.27. The molecule has 0 aromatic heterocycles. The number of hydrogen-bond acceptors (Lipinski definition) is 6. The van der Waals surface area contributed by atoms with Crippen molar-refractivity contribution in [1.29, 1.82) is 0 Å². The summed E-state index contributed by atoms with van der Waals surface area (Å²) in [6, 6.07) is 21.6. The van der Waals surface area contributed by atoms with Crippen LogP contribution in [0.25, 0.3) is 0 Å². The van der Waals surface area contributed by atoms with E-state index in [0.717, 1.165) is 7.88 Å². The van der Waals surface area contributed by atoms with Gasteiger partial charge in [0.25, 0.3) is 21.8 Å². The van der Waals surface area contributed by atoms with Crippen molar-refractivity contribution in [1.82, 2.24) is 10.7 Å². The van der Waals surface area contributed by atoms with Crippen LogP contribution in [0.2, 0.25) is 0 Å². The molecule has 11 heteroatoms. The first-order valence-corrected chi connectivity index (χ1v) is 14.3. The molecule has 0 aliphatic carbocycles. The van der Waals surface area contributed by atoms with E-state index in [4.69, 9.17) is 4.74 Å². The number of hydrazone groups is 1. The maximum Gasteiger partial charge on any atom is 0.264 e. The molecule has 0 aliphatic rings. The molecule has 9 nitrogen and oxygen atoms in total. The number of halogens is 1. The Morgan fingerprint density at radius 3 is 2.26 bits per heavy atom. The lowest BCUT2D eigenvalue weighted by Crippen LogP contribution is -2.39. The third kappa shape index (κ3) is 8.84. The van der Waals surface area contributed by atoms with Crippen molar-refractivity contribution in [2.24, 2.45) is 11.0 Å². The molecule has 3 aromatic rings. The van der Waals surface area contributed by atoms with Crippen LogP contribution >= 0.6 is 22.6 Å². The Hall–Kier alpha value is -3.45. The van der Waals surface area contributed by atoms with Crippen LogP contribution in [-0.2, 0) is 19.6 Å². The van der Waals surface area contributed by atoms with Gasteiger partial charge < -0.3 is 10.1 Å². The minimum atomic E-state index is -3.99. The molecule has 0 fully saturated rings. The molecule has 0 radical (unpaired) electrons. The molecule has 0 saturated heterocycles. The molecule has 2 amide bonds. The molecular weight excluding hydrogens is 619 g/mol. The number of rotatable bonds is 12. The normalized spacial score (nSPS) is 11.4. The van der Waals surface area contributed by atoms with E-state index in [0.29, 0.717) is 29.5 Å². The molecule has 3 rings (SSSR count). The molecule has 0 bridgehead atoms. The van der Waals surface area contributed by atoms with Crippen LogP contribution in [0.4, 0.5) is 5.69 Å². The average molecular weight is 649 g/mol. The summed E-state index contributed by atoms with van der Waals surface area (Å²) in [6.07, 6.45) is 1.43. The third-order valence-electron chi connectivity index (χ3n) is 5.09. The summed E-state index contributed by atoms with van der Waals surface area (Å²) in [4.78, 5) is 24.5. The second kappa shape index (κ2) is 13.9. The Morgan fingerprint density at radius 1 is 0.974 bits per heavy atom. The van der Waals surface area contributed by atoms with Gasteiger partial charge in [0.1, 0.15) is 12.3 Å². The zero-order chi connectivity index (χ0) is 27.5. The Balaban J connectivity index is 1.61. The Bertz CT molecular complexity index is 1350. The number of amides is 2. The van der Waals surface area contributed by atoms with Crippen LogP contribution in [0.5, 0.6) is 5.75 Å². The van der Waals surface area contributed by atoms with E-state index in [1.807, 2.05) is 13.8 Å². The lowest BCUT2D eigenvalue weighted by Gasteiger charge is -2.23. The number of ether oxygens (including phenoxy) is 1.